The molecule has 4 aromatic rings. The van der Waals surface area contributed by atoms with Crippen molar-refractivity contribution in [2.45, 2.75) is 63.6 Å². The molecule has 13 heteroatoms. The zero-order chi connectivity index (χ0) is 35.4. The number of ether oxygens (including phenoxy) is 2. The van der Waals surface area contributed by atoms with Crippen LogP contribution >= 0.6 is 0 Å². The van der Waals surface area contributed by atoms with Crippen LogP contribution in [0.4, 0.5) is 11.4 Å². The van der Waals surface area contributed by atoms with Gasteiger partial charge in [-0.2, -0.15) is 0 Å². The van der Waals surface area contributed by atoms with E-state index in [-0.39, 0.29) is 26.8 Å². The molecule has 1 atom stereocenters. The van der Waals surface area contributed by atoms with Crippen molar-refractivity contribution in [3.63, 3.8) is 0 Å². The molecule has 255 valence electrons. The molecule has 10 nitrogen and oxygen atoms in total. The van der Waals surface area contributed by atoms with Crippen molar-refractivity contribution in [3.8, 4) is 11.5 Å². The van der Waals surface area contributed by atoms with Gasteiger partial charge in [0.15, 0.2) is 0 Å². The number of sulfonamides is 2. The average Bonchev–Trinajstić information content (AvgIpc) is 3.00. The summed E-state index contributed by atoms with van der Waals surface area (Å²) >= 11 is 0. The van der Waals surface area contributed by atoms with E-state index in [0.717, 1.165) is 11.1 Å². The monoisotopic (exact) mass is 709 g/mol. The Labute approximate surface area is 285 Å². The summed E-state index contributed by atoms with van der Waals surface area (Å²) in [5.41, 5.74) is 2.26. The Morgan fingerprint density at radius 3 is 1.62 bits per heavy atom. The smallest absolute Gasteiger partial charge is 0.340 e. The van der Waals surface area contributed by atoms with E-state index in [2.05, 4.69) is 9.44 Å². The van der Waals surface area contributed by atoms with Crippen LogP contribution in [0.5, 0.6) is 11.5 Å². The van der Waals surface area contributed by atoms with Gasteiger partial charge in [-0.25, -0.2) is 21.6 Å². The number of esters is 1. The molecule has 0 aromatic heterocycles. The number of hydrogen-bond donors (Lipinski definition) is 2. The predicted octanol–water partition coefficient (Wildman–Crippen LogP) is 7.84. The van der Waals surface area contributed by atoms with E-state index in [0.29, 0.717) is 17.0 Å². The van der Waals surface area contributed by atoms with Crippen LogP contribution in [0.25, 0.3) is 0 Å². The number of benzene rings is 4. The molecule has 2 N–H and O–H groups in total. The third kappa shape index (κ3) is 9.04. The molecule has 0 aliphatic carbocycles. The highest BCUT2D eigenvalue weighted by Crippen LogP contribution is 2.42. The SMILES string of the molecule is COC(=O)c1cc(Oc2ccc(NS(=O)(=O)c3ccc(C)cc3)c(C(O[Si](C)C)C(C)(C)C)c2)ccc1NS(=O)(=O)c1ccc(C)cc1. The molecule has 0 fully saturated rings. The molecule has 0 saturated carbocycles. The van der Waals surface area contributed by atoms with Crippen molar-refractivity contribution >= 4 is 46.4 Å². The topological polar surface area (TPSA) is 137 Å². The van der Waals surface area contributed by atoms with E-state index in [1.807, 2.05) is 47.7 Å². The third-order valence-corrected chi connectivity index (χ3v) is 10.7. The summed E-state index contributed by atoms with van der Waals surface area (Å²) in [4.78, 5) is 12.9. The molecule has 1 radical (unpaired) electrons. The Bertz CT molecular complexity index is 1990. The van der Waals surface area contributed by atoms with Crippen molar-refractivity contribution in [1.82, 2.24) is 0 Å². The average molecular weight is 710 g/mol. The van der Waals surface area contributed by atoms with E-state index in [1.165, 1.54) is 37.4 Å². The fourth-order valence-corrected chi connectivity index (χ4v) is 7.91. The number of anilines is 2. The first-order chi connectivity index (χ1) is 22.4. The first kappa shape index (κ1) is 36.7. The lowest BCUT2D eigenvalue weighted by atomic mass is 9.84. The van der Waals surface area contributed by atoms with Gasteiger partial charge in [0.05, 0.1) is 39.9 Å². The van der Waals surface area contributed by atoms with Gasteiger partial charge in [-0.3, -0.25) is 9.44 Å². The van der Waals surface area contributed by atoms with Crippen molar-refractivity contribution in [1.29, 1.82) is 0 Å². The lowest BCUT2D eigenvalue weighted by molar-refractivity contribution is 0.0601. The predicted molar refractivity (Wildman–Crippen MR) is 189 cm³/mol. The summed E-state index contributed by atoms with van der Waals surface area (Å²) in [5.74, 6) is -0.215. The molecule has 0 bridgehead atoms. The second-order valence-corrected chi connectivity index (χ2v) is 18.1. The summed E-state index contributed by atoms with van der Waals surface area (Å²) in [5, 5.41) is 0. The molecule has 0 heterocycles. The maximum atomic E-state index is 13.4. The molecule has 0 amide bonds. The second kappa shape index (κ2) is 14.5. The summed E-state index contributed by atoms with van der Waals surface area (Å²) in [7, 11) is -7.99. The lowest BCUT2D eigenvalue weighted by Gasteiger charge is -2.34. The van der Waals surface area contributed by atoms with Gasteiger partial charge in [0.2, 0.25) is 9.04 Å². The molecule has 0 spiro atoms. The molecule has 48 heavy (non-hydrogen) atoms. The fourth-order valence-electron chi connectivity index (χ4n) is 4.79. The van der Waals surface area contributed by atoms with Crippen molar-refractivity contribution < 1.29 is 35.5 Å². The number of aryl methyl sites for hydroxylation is 2. The van der Waals surface area contributed by atoms with Crippen LogP contribution in [0.15, 0.2) is 94.7 Å². The van der Waals surface area contributed by atoms with Gasteiger partial charge in [-0.05, 0) is 93.0 Å². The van der Waals surface area contributed by atoms with Gasteiger partial charge >= 0.3 is 5.97 Å². The van der Waals surface area contributed by atoms with Gasteiger partial charge in [-0.15, -0.1) is 0 Å². The minimum absolute atomic E-state index is 0.0121. The van der Waals surface area contributed by atoms with Gasteiger partial charge in [0.1, 0.15) is 11.5 Å². The molecular formula is C35H41N2O8S2Si. The van der Waals surface area contributed by atoms with Gasteiger partial charge in [-0.1, -0.05) is 56.2 Å². The van der Waals surface area contributed by atoms with Crippen molar-refractivity contribution in [2.24, 2.45) is 5.41 Å². The highest BCUT2D eigenvalue weighted by atomic mass is 32.2. The first-order valence-electron chi connectivity index (χ1n) is 15.1. The molecule has 4 aromatic carbocycles. The third-order valence-electron chi connectivity index (χ3n) is 7.23. The summed E-state index contributed by atoms with van der Waals surface area (Å²) in [6, 6.07) is 22.1. The zero-order valence-electron chi connectivity index (χ0n) is 28.2. The number of hydrogen-bond acceptors (Lipinski definition) is 8. The summed E-state index contributed by atoms with van der Waals surface area (Å²) in [6.07, 6.45) is -0.509. The molecule has 4 rings (SSSR count). The number of rotatable bonds is 12. The minimum Gasteiger partial charge on any atom is -0.465 e. The normalized spacial score (nSPS) is 12.8. The van der Waals surface area contributed by atoms with Crippen LogP contribution in [0.2, 0.25) is 13.1 Å². The Balaban J connectivity index is 1.74. The maximum Gasteiger partial charge on any atom is 0.340 e. The highest BCUT2D eigenvalue weighted by Gasteiger charge is 2.32. The van der Waals surface area contributed by atoms with Crippen LogP contribution in [-0.4, -0.2) is 39.0 Å². The van der Waals surface area contributed by atoms with Crippen LogP contribution in [-0.2, 0) is 29.2 Å². The van der Waals surface area contributed by atoms with E-state index in [4.69, 9.17) is 13.9 Å². The Morgan fingerprint density at radius 1 is 0.708 bits per heavy atom. The van der Waals surface area contributed by atoms with Gasteiger partial charge in [0, 0.05) is 5.56 Å². The summed E-state index contributed by atoms with van der Waals surface area (Å²) in [6.45, 7) is 13.8. The lowest BCUT2D eigenvalue weighted by Crippen LogP contribution is -2.27. The molecular weight excluding hydrogens is 669 g/mol. The van der Waals surface area contributed by atoms with Crippen molar-refractivity contribution in [3.05, 3.63) is 107 Å². The van der Waals surface area contributed by atoms with E-state index in [9.17, 15) is 21.6 Å². The molecule has 1 unspecified atom stereocenters. The fraction of sp³-hybridized carbons (Fsp3) is 0.286. The maximum absolute atomic E-state index is 13.4. The second-order valence-electron chi connectivity index (χ2n) is 12.7. The van der Waals surface area contributed by atoms with E-state index < -0.39 is 46.6 Å². The van der Waals surface area contributed by atoms with Crippen LogP contribution in [0, 0.1) is 19.3 Å². The number of carbonyl (C=O) groups is 1. The summed E-state index contributed by atoms with van der Waals surface area (Å²) < 4.78 is 75.8. The van der Waals surface area contributed by atoms with E-state index in [1.54, 1.807) is 54.6 Å². The quantitative estimate of drug-likeness (QED) is 0.112. The Hall–Kier alpha value is -4.17. The van der Waals surface area contributed by atoms with Crippen LogP contribution < -0.4 is 14.2 Å². The van der Waals surface area contributed by atoms with Gasteiger partial charge in [0.25, 0.3) is 20.0 Å². The number of nitrogens with one attached hydrogen (secondary N) is 2. The van der Waals surface area contributed by atoms with Gasteiger partial charge < -0.3 is 13.9 Å². The molecule has 0 aliphatic rings. The number of methoxy groups -OCH3 is 1. The highest BCUT2D eigenvalue weighted by molar-refractivity contribution is 7.93. The number of carbonyl (C=O) groups excluding carboxylic acids is 1. The molecule has 0 saturated heterocycles. The zero-order valence-corrected chi connectivity index (χ0v) is 30.9. The first-order valence-corrected chi connectivity index (χ1v) is 20.5. The largest absolute Gasteiger partial charge is 0.465 e. The van der Waals surface area contributed by atoms with Crippen LogP contribution in [0.3, 0.4) is 0 Å². The van der Waals surface area contributed by atoms with Crippen LogP contribution in [0.1, 0.15) is 53.9 Å². The van der Waals surface area contributed by atoms with Crippen molar-refractivity contribution in [2.75, 3.05) is 16.6 Å². The standard InChI is InChI=1S/C35H41N2O8S2Si/c1-23-9-15-27(16-10-23)46(39,40)36-31-19-13-25(21-29(31)33(35(3,4)5)45-48(7)8)44-26-14-20-32(30(22-26)34(38)43-6)37-47(41,42)28-17-11-24(2)12-18-28/h9-22,33,36-37H,1-8H3. The molecule has 0 aliphatic heterocycles. The Kier molecular flexibility index (Phi) is 11.1. The minimum atomic E-state index is -4.01. The Morgan fingerprint density at radius 2 is 1.17 bits per heavy atom. The van der Waals surface area contributed by atoms with E-state index >= 15 is 0 Å².